The SMILES string of the molecule is CC(C)C(NC(=O)Cn1c(CS(C)(=O)=O)nc2ccccc21)c1ccc(C2CCCCC2)cc1. The fourth-order valence-electron chi connectivity index (χ4n) is 5.06. The molecule has 4 rings (SSSR count). The van der Waals surface area contributed by atoms with Gasteiger partial charge < -0.3 is 9.88 Å². The minimum absolute atomic E-state index is 0.0226. The topological polar surface area (TPSA) is 81.1 Å². The Kier molecular flexibility index (Phi) is 7.41. The van der Waals surface area contributed by atoms with E-state index in [9.17, 15) is 13.2 Å². The first kappa shape index (κ1) is 24.5. The molecule has 6 nitrogen and oxygen atoms in total. The Hall–Kier alpha value is -2.67. The van der Waals surface area contributed by atoms with Gasteiger partial charge in [0.2, 0.25) is 5.91 Å². The number of hydrogen-bond acceptors (Lipinski definition) is 4. The lowest BCUT2D eigenvalue weighted by atomic mass is 9.83. The molecule has 34 heavy (non-hydrogen) atoms. The third kappa shape index (κ3) is 5.87. The summed E-state index contributed by atoms with van der Waals surface area (Å²) in [6.07, 6.45) is 7.66. The van der Waals surface area contributed by atoms with Gasteiger partial charge in [0.25, 0.3) is 0 Å². The highest BCUT2D eigenvalue weighted by molar-refractivity contribution is 7.89. The van der Waals surface area contributed by atoms with Crippen LogP contribution in [0.25, 0.3) is 11.0 Å². The van der Waals surface area contributed by atoms with Crippen LogP contribution in [0, 0.1) is 5.92 Å². The summed E-state index contributed by atoms with van der Waals surface area (Å²) in [6.45, 7) is 4.22. The summed E-state index contributed by atoms with van der Waals surface area (Å²) < 4.78 is 25.6. The average Bonchev–Trinajstić information content (AvgIpc) is 3.13. The molecule has 1 aliphatic carbocycles. The summed E-state index contributed by atoms with van der Waals surface area (Å²) in [4.78, 5) is 17.6. The molecular weight excluding hydrogens is 446 g/mol. The van der Waals surface area contributed by atoms with E-state index >= 15 is 0 Å². The maximum atomic E-state index is 13.2. The molecule has 1 atom stereocenters. The first-order chi connectivity index (χ1) is 16.2. The van der Waals surface area contributed by atoms with Crippen molar-refractivity contribution in [1.82, 2.24) is 14.9 Å². The molecule has 1 saturated carbocycles. The van der Waals surface area contributed by atoms with Crippen LogP contribution in [0.1, 0.15) is 74.9 Å². The summed E-state index contributed by atoms with van der Waals surface area (Å²) in [5.41, 5.74) is 3.93. The number of amides is 1. The van der Waals surface area contributed by atoms with Crippen molar-refractivity contribution in [1.29, 1.82) is 0 Å². The third-order valence-corrected chi connectivity index (χ3v) is 7.56. The van der Waals surface area contributed by atoms with E-state index in [1.54, 1.807) is 4.57 Å². The van der Waals surface area contributed by atoms with Crippen molar-refractivity contribution in [2.45, 2.75) is 70.2 Å². The minimum atomic E-state index is -3.29. The Morgan fingerprint density at radius 2 is 1.74 bits per heavy atom. The van der Waals surface area contributed by atoms with Gasteiger partial charge in [0, 0.05) is 6.26 Å². The minimum Gasteiger partial charge on any atom is -0.347 e. The van der Waals surface area contributed by atoms with Gasteiger partial charge in [0.1, 0.15) is 18.1 Å². The molecule has 1 unspecified atom stereocenters. The molecular formula is C27H35N3O3S. The Labute approximate surface area is 202 Å². The fraction of sp³-hybridized carbons (Fsp3) is 0.481. The predicted octanol–water partition coefficient (Wildman–Crippen LogP) is 5.14. The molecule has 0 saturated heterocycles. The molecule has 7 heteroatoms. The van der Waals surface area contributed by atoms with Crippen LogP contribution >= 0.6 is 0 Å². The number of carbonyl (C=O) groups is 1. The number of carbonyl (C=O) groups excluding carboxylic acids is 1. The van der Waals surface area contributed by atoms with E-state index in [2.05, 4.69) is 48.4 Å². The van der Waals surface area contributed by atoms with Crippen LogP contribution in [-0.4, -0.2) is 30.1 Å². The van der Waals surface area contributed by atoms with Crippen molar-refractivity contribution in [3.63, 3.8) is 0 Å². The van der Waals surface area contributed by atoms with Crippen molar-refractivity contribution in [2.24, 2.45) is 5.92 Å². The Morgan fingerprint density at radius 3 is 2.38 bits per heavy atom. The first-order valence-corrected chi connectivity index (χ1v) is 14.3. The molecule has 1 amide bonds. The lowest BCUT2D eigenvalue weighted by molar-refractivity contribution is -0.122. The summed E-state index contributed by atoms with van der Waals surface area (Å²) in [7, 11) is -3.29. The summed E-state index contributed by atoms with van der Waals surface area (Å²) >= 11 is 0. The van der Waals surface area contributed by atoms with E-state index in [0.29, 0.717) is 17.3 Å². The number of benzene rings is 2. The predicted molar refractivity (Wildman–Crippen MR) is 136 cm³/mol. The first-order valence-electron chi connectivity index (χ1n) is 12.2. The van der Waals surface area contributed by atoms with Crippen LogP contribution in [0.4, 0.5) is 0 Å². The Morgan fingerprint density at radius 1 is 1.06 bits per heavy atom. The number of rotatable bonds is 8. The van der Waals surface area contributed by atoms with Crippen LogP contribution in [0.2, 0.25) is 0 Å². The van der Waals surface area contributed by atoms with Crippen LogP contribution in [0.5, 0.6) is 0 Å². The maximum absolute atomic E-state index is 13.2. The van der Waals surface area contributed by atoms with Gasteiger partial charge in [-0.1, -0.05) is 69.5 Å². The van der Waals surface area contributed by atoms with E-state index in [-0.39, 0.29) is 30.2 Å². The second kappa shape index (κ2) is 10.3. The molecule has 1 aromatic heterocycles. The Bertz CT molecular complexity index is 1240. The van der Waals surface area contributed by atoms with E-state index in [1.807, 2.05) is 24.3 Å². The van der Waals surface area contributed by atoms with Gasteiger partial charge in [-0.15, -0.1) is 0 Å². The van der Waals surface area contributed by atoms with Gasteiger partial charge in [-0.25, -0.2) is 13.4 Å². The van der Waals surface area contributed by atoms with Crippen LogP contribution in [0.15, 0.2) is 48.5 Å². The largest absolute Gasteiger partial charge is 0.347 e. The molecule has 0 aliphatic heterocycles. The van der Waals surface area contributed by atoms with Gasteiger partial charge in [-0.2, -0.15) is 0 Å². The highest BCUT2D eigenvalue weighted by Crippen LogP contribution is 2.33. The lowest BCUT2D eigenvalue weighted by Gasteiger charge is -2.25. The quantitative estimate of drug-likeness (QED) is 0.483. The number of fused-ring (bicyclic) bond motifs is 1. The summed E-state index contributed by atoms with van der Waals surface area (Å²) in [6, 6.07) is 16.0. The van der Waals surface area contributed by atoms with Crippen molar-refractivity contribution < 1.29 is 13.2 Å². The molecule has 182 valence electrons. The van der Waals surface area contributed by atoms with Crippen molar-refractivity contribution in [3.05, 3.63) is 65.5 Å². The number of imidazole rings is 1. The normalized spacial score (nSPS) is 16.1. The van der Waals surface area contributed by atoms with E-state index in [1.165, 1.54) is 43.9 Å². The van der Waals surface area contributed by atoms with Crippen LogP contribution in [-0.2, 0) is 26.9 Å². The number of aromatic nitrogens is 2. The van der Waals surface area contributed by atoms with Crippen molar-refractivity contribution in [3.8, 4) is 0 Å². The number of nitrogens with zero attached hydrogens (tertiary/aromatic N) is 2. The molecule has 0 spiro atoms. The second-order valence-electron chi connectivity index (χ2n) is 9.96. The van der Waals surface area contributed by atoms with E-state index in [0.717, 1.165) is 11.1 Å². The van der Waals surface area contributed by atoms with Crippen LogP contribution in [0.3, 0.4) is 0 Å². The molecule has 1 fully saturated rings. The monoisotopic (exact) mass is 481 g/mol. The van der Waals surface area contributed by atoms with E-state index in [4.69, 9.17) is 0 Å². The van der Waals surface area contributed by atoms with E-state index < -0.39 is 9.84 Å². The van der Waals surface area contributed by atoms with Crippen molar-refractivity contribution >= 4 is 26.8 Å². The van der Waals surface area contributed by atoms with Gasteiger partial charge in [-0.3, -0.25) is 4.79 Å². The highest BCUT2D eigenvalue weighted by atomic mass is 32.2. The van der Waals surface area contributed by atoms with Gasteiger partial charge in [0.15, 0.2) is 9.84 Å². The number of nitrogens with one attached hydrogen (secondary N) is 1. The zero-order chi connectivity index (χ0) is 24.3. The number of hydrogen-bond donors (Lipinski definition) is 1. The zero-order valence-corrected chi connectivity index (χ0v) is 21.1. The number of sulfone groups is 1. The number of para-hydroxylation sites is 2. The fourth-order valence-corrected chi connectivity index (χ4v) is 5.74. The maximum Gasteiger partial charge on any atom is 0.240 e. The summed E-state index contributed by atoms with van der Waals surface area (Å²) in [5, 5.41) is 3.19. The van der Waals surface area contributed by atoms with Gasteiger partial charge in [0.05, 0.1) is 17.1 Å². The van der Waals surface area contributed by atoms with Gasteiger partial charge >= 0.3 is 0 Å². The molecule has 3 aromatic rings. The smallest absolute Gasteiger partial charge is 0.240 e. The lowest BCUT2D eigenvalue weighted by Crippen LogP contribution is -2.34. The van der Waals surface area contributed by atoms with Gasteiger partial charge in [-0.05, 0) is 47.9 Å². The average molecular weight is 482 g/mol. The molecule has 0 bridgehead atoms. The molecule has 2 aromatic carbocycles. The highest BCUT2D eigenvalue weighted by Gasteiger charge is 2.22. The third-order valence-electron chi connectivity index (χ3n) is 6.78. The zero-order valence-electron chi connectivity index (χ0n) is 20.3. The Balaban J connectivity index is 1.53. The van der Waals surface area contributed by atoms with Crippen molar-refractivity contribution in [2.75, 3.05) is 6.26 Å². The van der Waals surface area contributed by atoms with Crippen LogP contribution < -0.4 is 5.32 Å². The summed E-state index contributed by atoms with van der Waals surface area (Å²) in [5.74, 6) is 0.882. The standard InChI is InChI=1S/C27H35N3O3S/c1-19(2)27(22-15-13-21(14-16-22)20-9-5-4-6-10-20)29-26(31)17-30-24-12-8-7-11-23(24)28-25(30)18-34(3,32)33/h7-8,11-16,19-20,27H,4-6,9-10,17-18H2,1-3H3,(H,29,31). The molecule has 0 radical (unpaired) electrons. The molecule has 1 N–H and O–H groups in total. The second-order valence-corrected chi connectivity index (χ2v) is 12.1. The molecule has 1 heterocycles. The molecule has 1 aliphatic rings.